The van der Waals surface area contributed by atoms with Gasteiger partial charge in [-0.1, -0.05) is 6.92 Å². The lowest BCUT2D eigenvalue weighted by atomic mass is 10.1. The van der Waals surface area contributed by atoms with Crippen LogP contribution in [0.3, 0.4) is 0 Å². The van der Waals surface area contributed by atoms with Gasteiger partial charge in [-0.05, 0) is 33.4 Å². The molecule has 0 saturated carbocycles. The molecule has 0 aliphatic carbocycles. The number of amides is 1. The SMILES string of the molecule is CCOC(=O)N1CCC(NC(N)=NCCN(C)CC)CC1. The van der Waals surface area contributed by atoms with Gasteiger partial charge in [-0.25, -0.2) is 4.79 Å². The van der Waals surface area contributed by atoms with Crippen molar-refractivity contribution in [2.45, 2.75) is 32.7 Å². The first kappa shape index (κ1) is 17.6. The number of guanidine groups is 1. The molecule has 1 fully saturated rings. The fraction of sp³-hybridized carbons (Fsp3) is 0.857. The van der Waals surface area contributed by atoms with Crippen molar-refractivity contribution in [3.05, 3.63) is 0 Å². The third-order valence-electron chi connectivity index (χ3n) is 3.68. The first-order valence-electron chi connectivity index (χ1n) is 7.73. The maximum absolute atomic E-state index is 11.6. The standard InChI is InChI=1S/C14H29N5O2/c1-4-18(3)11-8-16-13(15)17-12-6-9-19(10-7-12)14(20)21-5-2/h12H,4-11H2,1-3H3,(H3,15,16,17). The van der Waals surface area contributed by atoms with E-state index in [4.69, 9.17) is 10.5 Å². The van der Waals surface area contributed by atoms with Crippen molar-refractivity contribution < 1.29 is 9.53 Å². The number of likely N-dealkylation sites (tertiary alicyclic amines) is 1. The predicted molar refractivity (Wildman–Crippen MR) is 84.4 cm³/mol. The number of likely N-dealkylation sites (N-methyl/N-ethyl adjacent to an activating group) is 1. The van der Waals surface area contributed by atoms with E-state index in [0.717, 1.165) is 25.9 Å². The van der Waals surface area contributed by atoms with Gasteiger partial charge in [0.2, 0.25) is 0 Å². The van der Waals surface area contributed by atoms with Gasteiger partial charge in [-0.3, -0.25) is 4.99 Å². The molecule has 21 heavy (non-hydrogen) atoms. The predicted octanol–water partition coefficient (Wildman–Crippen LogP) is 0.463. The van der Waals surface area contributed by atoms with Gasteiger partial charge in [0.05, 0.1) is 13.2 Å². The molecule has 0 bridgehead atoms. The average Bonchev–Trinajstić information content (AvgIpc) is 2.48. The zero-order valence-corrected chi connectivity index (χ0v) is 13.5. The number of carbonyl (C=O) groups excluding carboxylic acids is 1. The van der Waals surface area contributed by atoms with Gasteiger partial charge in [0.25, 0.3) is 0 Å². The third kappa shape index (κ3) is 6.66. The molecule has 0 aromatic rings. The Morgan fingerprint density at radius 3 is 2.67 bits per heavy atom. The number of aliphatic imine (C=N–C) groups is 1. The molecule has 1 rings (SSSR count). The first-order valence-corrected chi connectivity index (χ1v) is 7.73. The zero-order chi connectivity index (χ0) is 15.7. The monoisotopic (exact) mass is 299 g/mol. The Bertz CT molecular complexity index is 340. The summed E-state index contributed by atoms with van der Waals surface area (Å²) in [6.07, 6.45) is 1.51. The lowest BCUT2D eigenvalue weighted by molar-refractivity contribution is 0.0963. The molecule has 3 N–H and O–H groups in total. The third-order valence-corrected chi connectivity index (χ3v) is 3.68. The average molecular weight is 299 g/mol. The maximum Gasteiger partial charge on any atom is 0.409 e. The molecule has 0 atom stereocenters. The van der Waals surface area contributed by atoms with E-state index in [2.05, 4.69) is 29.2 Å². The van der Waals surface area contributed by atoms with Crippen molar-refractivity contribution in [1.29, 1.82) is 0 Å². The molecule has 1 aliphatic rings. The smallest absolute Gasteiger partial charge is 0.409 e. The van der Waals surface area contributed by atoms with E-state index in [-0.39, 0.29) is 12.1 Å². The molecule has 1 amide bonds. The minimum absolute atomic E-state index is 0.222. The lowest BCUT2D eigenvalue weighted by Crippen LogP contribution is -2.48. The summed E-state index contributed by atoms with van der Waals surface area (Å²) in [7, 11) is 2.06. The number of carbonyl (C=O) groups is 1. The van der Waals surface area contributed by atoms with E-state index in [1.807, 2.05) is 6.92 Å². The Balaban J connectivity index is 2.25. The van der Waals surface area contributed by atoms with E-state index >= 15 is 0 Å². The van der Waals surface area contributed by atoms with E-state index in [0.29, 0.717) is 32.2 Å². The van der Waals surface area contributed by atoms with Crippen LogP contribution >= 0.6 is 0 Å². The number of ether oxygens (including phenoxy) is 1. The fourth-order valence-corrected chi connectivity index (χ4v) is 2.18. The molecule has 0 aromatic heterocycles. The topological polar surface area (TPSA) is 83.2 Å². The molecule has 7 nitrogen and oxygen atoms in total. The molecule has 0 radical (unpaired) electrons. The van der Waals surface area contributed by atoms with Crippen LogP contribution in [-0.2, 0) is 4.74 Å². The molecule has 7 heteroatoms. The molecule has 1 heterocycles. The molecule has 122 valence electrons. The second-order valence-corrected chi connectivity index (χ2v) is 5.27. The van der Waals surface area contributed by atoms with Crippen LogP contribution in [0, 0.1) is 0 Å². The number of nitrogens with zero attached hydrogens (tertiary/aromatic N) is 3. The number of nitrogens with two attached hydrogens (primary N) is 1. The van der Waals surface area contributed by atoms with Crippen molar-refractivity contribution in [2.24, 2.45) is 10.7 Å². The summed E-state index contributed by atoms with van der Waals surface area (Å²) in [5.41, 5.74) is 5.89. The summed E-state index contributed by atoms with van der Waals surface area (Å²) >= 11 is 0. The Morgan fingerprint density at radius 1 is 1.43 bits per heavy atom. The first-order chi connectivity index (χ1) is 10.1. The van der Waals surface area contributed by atoms with Crippen LogP contribution in [-0.4, -0.2) is 74.3 Å². The van der Waals surface area contributed by atoms with Crippen LogP contribution in [0.25, 0.3) is 0 Å². The largest absolute Gasteiger partial charge is 0.450 e. The fourth-order valence-electron chi connectivity index (χ4n) is 2.18. The van der Waals surface area contributed by atoms with Gasteiger partial charge >= 0.3 is 6.09 Å². The second-order valence-electron chi connectivity index (χ2n) is 5.27. The zero-order valence-electron chi connectivity index (χ0n) is 13.5. The van der Waals surface area contributed by atoms with Crippen molar-refractivity contribution in [3.8, 4) is 0 Å². The van der Waals surface area contributed by atoms with Crippen molar-refractivity contribution in [1.82, 2.24) is 15.1 Å². The normalized spacial score (nSPS) is 17.1. The Morgan fingerprint density at radius 2 is 2.10 bits per heavy atom. The Hall–Kier alpha value is -1.50. The Kier molecular flexibility index (Phi) is 7.89. The van der Waals surface area contributed by atoms with Crippen LogP contribution in [0.15, 0.2) is 4.99 Å². The number of piperidine rings is 1. The summed E-state index contributed by atoms with van der Waals surface area (Å²) in [5, 5.41) is 3.23. The quantitative estimate of drug-likeness (QED) is 0.550. The molecule has 0 aromatic carbocycles. The lowest BCUT2D eigenvalue weighted by Gasteiger charge is -2.31. The summed E-state index contributed by atoms with van der Waals surface area (Å²) in [6.45, 7) is 8.36. The van der Waals surface area contributed by atoms with Crippen LogP contribution < -0.4 is 11.1 Å². The van der Waals surface area contributed by atoms with Crippen LogP contribution in [0.2, 0.25) is 0 Å². The summed E-state index contributed by atoms with van der Waals surface area (Å²) in [4.78, 5) is 19.8. The highest BCUT2D eigenvalue weighted by molar-refractivity contribution is 5.78. The van der Waals surface area contributed by atoms with Gasteiger partial charge in [0.15, 0.2) is 5.96 Å². The molecule has 0 unspecified atom stereocenters. The highest BCUT2D eigenvalue weighted by atomic mass is 16.6. The van der Waals surface area contributed by atoms with E-state index < -0.39 is 0 Å². The van der Waals surface area contributed by atoms with Gasteiger partial charge in [-0.15, -0.1) is 0 Å². The van der Waals surface area contributed by atoms with E-state index in [1.165, 1.54) is 0 Å². The number of hydrogen-bond donors (Lipinski definition) is 2. The van der Waals surface area contributed by atoms with Gasteiger partial charge in [0.1, 0.15) is 0 Å². The highest BCUT2D eigenvalue weighted by Crippen LogP contribution is 2.11. The molecule has 1 saturated heterocycles. The number of nitrogens with one attached hydrogen (secondary N) is 1. The van der Waals surface area contributed by atoms with Crippen molar-refractivity contribution >= 4 is 12.1 Å². The van der Waals surface area contributed by atoms with E-state index in [9.17, 15) is 4.79 Å². The maximum atomic E-state index is 11.6. The van der Waals surface area contributed by atoms with Crippen LogP contribution in [0.4, 0.5) is 4.79 Å². The molecule has 1 aliphatic heterocycles. The minimum Gasteiger partial charge on any atom is -0.450 e. The molecular weight excluding hydrogens is 270 g/mol. The Labute approximate surface area is 127 Å². The highest BCUT2D eigenvalue weighted by Gasteiger charge is 2.23. The molecule has 0 spiro atoms. The summed E-state index contributed by atoms with van der Waals surface area (Å²) in [6, 6.07) is 0.281. The van der Waals surface area contributed by atoms with Crippen molar-refractivity contribution in [3.63, 3.8) is 0 Å². The van der Waals surface area contributed by atoms with Crippen molar-refractivity contribution in [2.75, 3.05) is 46.4 Å². The summed E-state index contributed by atoms with van der Waals surface area (Å²) in [5.74, 6) is 0.495. The van der Waals surface area contributed by atoms with Gasteiger partial charge in [0, 0.05) is 25.7 Å². The molecular formula is C14H29N5O2. The van der Waals surface area contributed by atoms with Crippen LogP contribution in [0.1, 0.15) is 26.7 Å². The van der Waals surface area contributed by atoms with Gasteiger partial charge < -0.3 is 25.6 Å². The second kappa shape index (κ2) is 9.44. The number of rotatable bonds is 6. The number of hydrogen-bond acceptors (Lipinski definition) is 4. The van der Waals surface area contributed by atoms with E-state index in [1.54, 1.807) is 4.90 Å². The van der Waals surface area contributed by atoms with Gasteiger partial charge in [-0.2, -0.15) is 0 Å². The van der Waals surface area contributed by atoms with Crippen LogP contribution in [0.5, 0.6) is 0 Å². The summed E-state index contributed by atoms with van der Waals surface area (Å²) < 4.78 is 5.00. The minimum atomic E-state index is -0.222.